The Hall–Kier alpha value is -1.39. The Morgan fingerprint density at radius 2 is 1.68 bits per heavy atom. The van der Waals surface area contributed by atoms with Crippen LogP contribution in [-0.4, -0.2) is 33.5 Å². The smallest absolute Gasteiger partial charge is 0.335 e. The fourth-order valence-electron chi connectivity index (χ4n) is 2.61. The van der Waals surface area contributed by atoms with Gasteiger partial charge in [-0.2, -0.15) is 0 Å². The summed E-state index contributed by atoms with van der Waals surface area (Å²) in [4.78, 5) is 11.1. The van der Waals surface area contributed by atoms with E-state index >= 15 is 0 Å². The van der Waals surface area contributed by atoms with Crippen LogP contribution in [0.25, 0.3) is 0 Å². The number of hydrogen-bond acceptors (Lipinski definition) is 3. The van der Waals surface area contributed by atoms with Gasteiger partial charge in [0, 0.05) is 0 Å². The molecule has 0 bridgehead atoms. The first-order chi connectivity index (χ1) is 10.5. The molecule has 0 aliphatic heterocycles. The van der Waals surface area contributed by atoms with E-state index in [0.717, 1.165) is 56.9 Å². The van der Waals surface area contributed by atoms with Gasteiger partial charge in [-0.1, -0.05) is 31.0 Å². The Bertz CT molecular complexity index is 442. The highest BCUT2D eigenvalue weighted by molar-refractivity contribution is 5.89. The number of aliphatic hydroxyl groups excluding tert-OH is 2. The summed E-state index contributed by atoms with van der Waals surface area (Å²) in [5.74, 6) is -0.871. The first kappa shape index (κ1) is 18.7. The Morgan fingerprint density at radius 3 is 2.36 bits per heavy atom. The minimum absolute atomic E-state index is 0.287. The zero-order valence-electron chi connectivity index (χ0n) is 13.4. The molecule has 0 aliphatic rings. The van der Waals surface area contributed by atoms with E-state index in [0.29, 0.717) is 5.56 Å². The van der Waals surface area contributed by atoms with Crippen LogP contribution in [0, 0.1) is 0 Å². The number of hydrogen-bond donors (Lipinski definition) is 3. The van der Waals surface area contributed by atoms with Crippen LogP contribution in [0.3, 0.4) is 0 Å². The third-order valence-electron chi connectivity index (χ3n) is 3.89. The summed E-state index contributed by atoms with van der Waals surface area (Å²) >= 11 is 0. The molecule has 0 amide bonds. The lowest BCUT2D eigenvalue weighted by atomic mass is 9.99. The molecule has 0 fully saturated rings. The molecule has 0 aliphatic carbocycles. The average Bonchev–Trinajstić information content (AvgIpc) is 2.46. The molecule has 4 heteroatoms. The van der Waals surface area contributed by atoms with E-state index in [4.69, 9.17) is 10.2 Å². The van der Waals surface area contributed by atoms with Gasteiger partial charge in [0.05, 0.1) is 17.8 Å². The fourth-order valence-corrected chi connectivity index (χ4v) is 2.61. The lowest BCUT2D eigenvalue weighted by Crippen LogP contribution is -2.08. The van der Waals surface area contributed by atoms with Gasteiger partial charge in [0.1, 0.15) is 0 Å². The number of aliphatic hydroxyl groups is 2. The number of aromatic carboxylic acids is 1. The first-order valence-corrected chi connectivity index (χ1v) is 8.18. The highest BCUT2D eigenvalue weighted by Crippen LogP contribution is 2.15. The van der Waals surface area contributed by atoms with Crippen LogP contribution in [0.15, 0.2) is 24.3 Å². The largest absolute Gasteiger partial charge is 0.478 e. The minimum Gasteiger partial charge on any atom is -0.478 e. The normalized spacial score (nSPS) is 13.8. The second-order valence-electron chi connectivity index (χ2n) is 6.00. The number of carboxylic acids is 1. The second-order valence-corrected chi connectivity index (χ2v) is 6.00. The van der Waals surface area contributed by atoms with Crippen molar-refractivity contribution in [1.29, 1.82) is 0 Å². The van der Waals surface area contributed by atoms with Gasteiger partial charge in [-0.3, -0.25) is 0 Å². The van der Waals surface area contributed by atoms with Crippen molar-refractivity contribution in [3.63, 3.8) is 0 Å². The molecule has 1 aromatic carbocycles. The summed E-state index contributed by atoms with van der Waals surface area (Å²) in [6.45, 7) is 1.77. The summed E-state index contributed by atoms with van der Waals surface area (Å²) in [5.41, 5.74) is 1.27. The molecular formula is C18H28O4. The maximum absolute atomic E-state index is 11.1. The second kappa shape index (κ2) is 10.4. The van der Waals surface area contributed by atoms with Crippen LogP contribution in [0.5, 0.6) is 0 Å². The average molecular weight is 308 g/mol. The van der Waals surface area contributed by atoms with Crippen molar-refractivity contribution in [3.8, 4) is 0 Å². The van der Waals surface area contributed by atoms with Crippen molar-refractivity contribution in [2.45, 2.75) is 70.5 Å². The van der Waals surface area contributed by atoms with Crippen molar-refractivity contribution in [2.24, 2.45) is 0 Å². The predicted molar refractivity (Wildman–Crippen MR) is 87.1 cm³/mol. The lowest BCUT2D eigenvalue weighted by molar-refractivity contribution is 0.0695. The van der Waals surface area contributed by atoms with Crippen LogP contribution in [0.1, 0.15) is 67.8 Å². The molecule has 124 valence electrons. The highest BCUT2D eigenvalue weighted by Gasteiger charge is 2.09. The first-order valence-electron chi connectivity index (χ1n) is 8.18. The Kier molecular flexibility index (Phi) is 8.78. The van der Waals surface area contributed by atoms with Crippen LogP contribution in [-0.2, 0) is 6.42 Å². The number of aryl methyl sites for hydroxylation is 1. The molecule has 1 aromatic rings. The van der Waals surface area contributed by atoms with Gasteiger partial charge in [-0.15, -0.1) is 0 Å². The maximum atomic E-state index is 11.1. The van der Waals surface area contributed by atoms with Crippen LogP contribution in [0.2, 0.25) is 0 Å². The summed E-state index contributed by atoms with van der Waals surface area (Å²) in [7, 11) is 0. The van der Waals surface area contributed by atoms with E-state index in [2.05, 4.69) is 0 Å². The van der Waals surface area contributed by atoms with Crippen molar-refractivity contribution >= 4 is 5.97 Å². The zero-order valence-corrected chi connectivity index (χ0v) is 13.4. The molecule has 0 unspecified atom stereocenters. The van der Waals surface area contributed by atoms with Crippen molar-refractivity contribution in [1.82, 2.24) is 0 Å². The molecule has 2 atom stereocenters. The molecule has 3 N–H and O–H groups in total. The van der Waals surface area contributed by atoms with Crippen molar-refractivity contribution in [2.75, 3.05) is 0 Å². The van der Waals surface area contributed by atoms with Crippen molar-refractivity contribution in [3.05, 3.63) is 35.4 Å². The van der Waals surface area contributed by atoms with Gasteiger partial charge >= 0.3 is 5.97 Å². The third-order valence-corrected chi connectivity index (χ3v) is 3.89. The van der Waals surface area contributed by atoms with Crippen LogP contribution in [0.4, 0.5) is 0 Å². The number of carboxylic acid groups (broad SMARTS) is 1. The molecule has 4 nitrogen and oxygen atoms in total. The van der Waals surface area contributed by atoms with Gasteiger partial charge in [-0.05, 0) is 57.1 Å². The standard InChI is InChI=1S/C18H28O4/c1-14(19)8-7-12-16(20)11-4-2-3-9-15-10-5-6-13-17(15)18(21)22/h5-6,10,13-14,16,19-20H,2-4,7-9,11-12H2,1H3,(H,21,22)/t14-,16+/m0/s1. The number of rotatable bonds is 11. The Balaban J connectivity index is 2.17. The summed E-state index contributed by atoms with van der Waals surface area (Å²) in [6.07, 6.45) is 6.17. The predicted octanol–water partition coefficient (Wildman–Crippen LogP) is 3.40. The van der Waals surface area contributed by atoms with E-state index in [1.165, 1.54) is 0 Å². The minimum atomic E-state index is -0.871. The Labute approximate surface area is 132 Å². The topological polar surface area (TPSA) is 77.8 Å². The number of unbranched alkanes of at least 4 members (excludes halogenated alkanes) is 2. The molecule has 0 spiro atoms. The van der Waals surface area contributed by atoms with Crippen LogP contribution >= 0.6 is 0 Å². The molecule has 0 aromatic heterocycles. The van der Waals surface area contributed by atoms with E-state index in [1.807, 2.05) is 12.1 Å². The Morgan fingerprint density at radius 1 is 1.00 bits per heavy atom. The highest BCUT2D eigenvalue weighted by atomic mass is 16.4. The fraction of sp³-hybridized carbons (Fsp3) is 0.611. The van der Waals surface area contributed by atoms with Gasteiger partial charge in [-0.25, -0.2) is 4.79 Å². The molecule has 0 heterocycles. The van der Waals surface area contributed by atoms with E-state index in [9.17, 15) is 9.90 Å². The van der Waals surface area contributed by atoms with Gasteiger partial charge in [0.2, 0.25) is 0 Å². The van der Waals surface area contributed by atoms with Crippen LogP contribution < -0.4 is 0 Å². The van der Waals surface area contributed by atoms with Crippen molar-refractivity contribution < 1.29 is 20.1 Å². The lowest BCUT2D eigenvalue weighted by Gasteiger charge is -2.11. The summed E-state index contributed by atoms with van der Waals surface area (Å²) < 4.78 is 0. The molecule has 0 saturated heterocycles. The van der Waals surface area contributed by atoms with E-state index < -0.39 is 5.97 Å². The molecule has 0 radical (unpaired) electrons. The van der Waals surface area contributed by atoms with Gasteiger partial charge < -0.3 is 15.3 Å². The zero-order chi connectivity index (χ0) is 16.4. The summed E-state index contributed by atoms with van der Waals surface area (Å²) in [5, 5.41) is 28.1. The van der Waals surface area contributed by atoms with Gasteiger partial charge in [0.25, 0.3) is 0 Å². The van der Waals surface area contributed by atoms with Gasteiger partial charge in [0.15, 0.2) is 0 Å². The number of benzene rings is 1. The monoisotopic (exact) mass is 308 g/mol. The molecule has 1 rings (SSSR count). The van der Waals surface area contributed by atoms with E-state index in [-0.39, 0.29) is 12.2 Å². The molecular weight excluding hydrogens is 280 g/mol. The molecule has 0 saturated carbocycles. The number of carbonyl (C=O) groups is 1. The summed E-state index contributed by atoms with van der Waals surface area (Å²) in [6, 6.07) is 7.13. The third kappa shape index (κ3) is 7.57. The SMILES string of the molecule is C[C@H](O)CCC[C@H](O)CCCCCc1ccccc1C(=O)O. The molecule has 22 heavy (non-hydrogen) atoms. The quantitative estimate of drug-likeness (QED) is 0.548. The maximum Gasteiger partial charge on any atom is 0.335 e. The van der Waals surface area contributed by atoms with E-state index in [1.54, 1.807) is 19.1 Å².